The zero-order chi connectivity index (χ0) is 18.6. The molecule has 0 unspecified atom stereocenters. The molecular formula is C16H22N2O6S. The van der Waals surface area contributed by atoms with Gasteiger partial charge in [-0.3, -0.25) is 9.52 Å². The molecular weight excluding hydrogens is 348 g/mol. The van der Waals surface area contributed by atoms with Gasteiger partial charge in [-0.1, -0.05) is 0 Å². The molecule has 9 heteroatoms. The van der Waals surface area contributed by atoms with E-state index in [2.05, 4.69) is 4.72 Å². The Kier molecular flexibility index (Phi) is 5.89. The lowest BCUT2D eigenvalue weighted by Gasteiger charge is -2.33. The second-order valence-electron chi connectivity index (χ2n) is 5.92. The number of carboxylic acid groups (broad SMARTS) is 1. The highest BCUT2D eigenvalue weighted by Crippen LogP contribution is 2.29. The number of hydrogen-bond donors (Lipinski definition) is 2. The zero-order valence-corrected chi connectivity index (χ0v) is 15.0. The van der Waals surface area contributed by atoms with Crippen molar-refractivity contribution in [3.63, 3.8) is 0 Å². The van der Waals surface area contributed by atoms with E-state index in [-0.39, 0.29) is 23.1 Å². The first-order valence-electron chi connectivity index (χ1n) is 7.98. The van der Waals surface area contributed by atoms with Crippen LogP contribution < -0.4 is 9.62 Å². The SMILES string of the molecule is CCOC(=O)C1CCN(c2ccc(NS(C)(=O)=O)cc2C(=O)O)CC1. The third kappa shape index (κ3) is 5.09. The van der Waals surface area contributed by atoms with E-state index in [0.717, 1.165) is 6.26 Å². The molecule has 2 N–H and O–H groups in total. The topological polar surface area (TPSA) is 113 Å². The van der Waals surface area contributed by atoms with Gasteiger partial charge in [0.2, 0.25) is 10.0 Å². The molecule has 1 aromatic rings. The van der Waals surface area contributed by atoms with Gasteiger partial charge in [-0.15, -0.1) is 0 Å². The lowest BCUT2D eigenvalue weighted by atomic mass is 9.96. The molecule has 0 bridgehead atoms. The van der Waals surface area contributed by atoms with Crippen LogP contribution in [0.2, 0.25) is 0 Å². The molecule has 0 spiro atoms. The highest BCUT2D eigenvalue weighted by atomic mass is 32.2. The predicted molar refractivity (Wildman–Crippen MR) is 93.4 cm³/mol. The minimum Gasteiger partial charge on any atom is -0.478 e. The van der Waals surface area contributed by atoms with Crippen molar-refractivity contribution >= 4 is 33.3 Å². The fraction of sp³-hybridized carbons (Fsp3) is 0.500. The van der Waals surface area contributed by atoms with Gasteiger partial charge in [0.25, 0.3) is 0 Å². The van der Waals surface area contributed by atoms with Crippen LogP contribution in [0.25, 0.3) is 0 Å². The molecule has 0 saturated carbocycles. The molecule has 8 nitrogen and oxygen atoms in total. The summed E-state index contributed by atoms with van der Waals surface area (Å²) in [6.07, 6.45) is 2.17. The summed E-state index contributed by atoms with van der Waals surface area (Å²) in [5.74, 6) is -1.52. The molecule has 1 aliphatic heterocycles. The second-order valence-corrected chi connectivity index (χ2v) is 7.67. The van der Waals surface area contributed by atoms with Crippen molar-refractivity contribution in [3.05, 3.63) is 23.8 Å². The lowest BCUT2D eigenvalue weighted by Crippen LogP contribution is -2.37. The van der Waals surface area contributed by atoms with Gasteiger partial charge in [-0.25, -0.2) is 13.2 Å². The number of esters is 1. The lowest BCUT2D eigenvalue weighted by molar-refractivity contribution is -0.148. The van der Waals surface area contributed by atoms with Crippen molar-refractivity contribution in [1.29, 1.82) is 0 Å². The van der Waals surface area contributed by atoms with Crippen LogP contribution in [-0.4, -0.2) is 51.4 Å². The summed E-state index contributed by atoms with van der Waals surface area (Å²) in [6, 6.07) is 4.41. The standard InChI is InChI=1S/C16H22N2O6S/c1-3-24-16(21)11-6-8-18(9-7-11)14-5-4-12(17-25(2,22)23)10-13(14)15(19)20/h4-5,10-11,17H,3,6-9H2,1-2H3,(H,19,20). The number of benzene rings is 1. The maximum Gasteiger partial charge on any atom is 0.337 e. The summed E-state index contributed by atoms with van der Waals surface area (Å²) in [6.45, 7) is 3.17. The van der Waals surface area contributed by atoms with E-state index in [1.54, 1.807) is 13.0 Å². The average molecular weight is 370 g/mol. The van der Waals surface area contributed by atoms with Crippen LogP contribution in [0.1, 0.15) is 30.1 Å². The van der Waals surface area contributed by atoms with Gasteiger partial charge < -0.3 is 14.7 Å². The first-order valence-corrected chi connectivity index (χ1v) is 9.87. The third-order valence-corrected chi connectivity index (χ3v) is 4.59. The number of piperidine rings is 1. The van der Waals surface area contributed by atoms with E-state index in [1.165, 1.54) is 12.1 Å². The van der Waals surface area contributed by atoms with Gasteiger partial charge in [0.15, 0.2) is 0 Å². The van der Waals surface area contributed by atoms with Crippen LogP contribution in [0.4, 0.5) is 11.4 Å². The highest BCUT2D eigenvalue weighted by Gasteiger charge is 2.28. The molecule has 0 aromatic heterocycles. The Balaban J connectivity index is 2.17. The van der Waals surface area contributed by atoms with Crippen molar-refractivity contribution in [2.24, 2.45) is 5.92 Å². The number of carbonyl (C=O) groups excluding carboxylic acids is 1. The van der Waals surface area contributed by atoms with Crippen LogP contribution in [0.15, 0.2) is 18.2 Å². The van der Waals surface area contributed by atoms with Gasteiger partial charge in [0.05, 0.1) is 30.0 Å². The number of nitrogens with one attached hydrogen (secondary N) is 1. The maximum atomic E-state index is 11.8. The van der Waals surface area contributed by atoms with Crippen LogP contribution in [0.5, 0.6) is 0 Å². The van der Waals surface area contributed by atoms with Crippen molar-refractivity contribution in [2.45, 2.75) is 19.8 Å². The van der Waals surface area contributed by atoms with E-state index < -0.39 is 16.0 Å². The van der Waals surface area contributed by atoms with E-state index in [1.807, 2.05) is 4.90 Å². The first kappa shape index (κ1) is 19.0. The first-order chi connectivity index (χ1) is 11.7. The molecule has 2 rings (SSSR count). The monoisotopic (exact) mass is 370 g/mol. The summed E-state index contributed by atoms with van der Waals surface area (Å²) in [4.78, 5) is 25.2. The smallest absolute Gasteiger partial charge is 0.337 e. The fourth-order valence-electron chi connectivity index (χ4n) is 2.88. The Morgan fingerprint density at radius 2 is 1.96 bits per heavy atom. The number of sulfonamides is 1. The summed E-state index contributed by atoms with van der Waals surface area (Å²) in [5.41, 5.74) is 0.724. The molecule has 1 aliphatic rings. The second kappa shape index (κ2) is 7.73. The van der Waals surface area contributed by atoms with E-state index in [0.29, 0.717) is 38.2 Å². The van der Waals surface area contributed by atoms with Crippen molar-refractivity contribution in [2.75, 3.05) is 35.6 Å². The van der Waals surface area contributed by atoms with E-state index in [4.69, 9.17) is 4.74 Å². The Labute approximate surface area is 146 Å². The predicted octanol–water partition coefficient (Wildman–Crippen LogP) is 1.54. The van der Waals surface area contributed by atoms with E-state index in [9.17, 15) is 23.1 Å². The summed E-state index contributed by atoms with van der Waals surface area (Å²) in [7, 11) is -3.49. The molecule has 0 radical (unpaired) electrons. The van der Waals surface area contributed by atoms with Crippen LogP contribution >= 0.6 is 0 Å². The minimum absolute atomic E-state index is 0.0169. The van der Waals surface area contributed by atoms with Crippen molar-refractivity contribution in [3.8, 4) is 0 Å². The van der Waals surface area contributed by atoms with Gasteiger partial charge >= 0.3 is 11.9 Å². The number of rotatable bonds is 6. The molecule has 0 atom stereocenters. The van der Waals surface area contributed by atoms with Crippen molar-refractivity contribution < 1.29 is 27.9 Å². The average Bonchev–Trinajstić information content (AvgIpc) is 2.53. The summed E-state index contributed by atoms with van der Waals surface area (Å²) in [5, 5.41) is 9.45. The largest absolute Gasteiger partial charge is 0.478 e. The minimum atomic E-state index is -3.49. The zero-order valence-electron chi connectivity index (χ0n) is 14.2. The normalized spacial score (nSPS) is 15.7. The third-order valence-electron chi connectivity index (χ3n) is 3.99. The number of anilines is 2. The van der Waals surface area contributed by atoms with E-state index >= 15 is 0 Å². The molecule has 1 aromatic carbocycles. The molecule has 0 amide bonds. The Morgan fingerprint density at radius 3 is 2.48 bits per heavy atom. The number of aromatic carboxylic acids is 1. The van der Waals surface area contributed by atoms with Crippen LogP contribution in [0.3, 0.4) is 0 Å². The number of hydrogen-bond acceptors (Lipinski definition) is 6. The molecule has 1 fully saturated rings. The van der Waals surface area contributed by atoms with Crippen LogP contribution in [-0.2, 0) is 19.6 Å². The van der Waals surface area contributed by atoms with Crippen molar-refractivity contribution in [1.82, 2.24) is 0 Å². The van der Waals surface area contributed by atoms with Crippen LogP contribution in [0, 0.1) is 5.92 Å². The molecule has 1 heterocycles. The Hall–Kier alpha value is -2.29. The summed E-state index contributed by atoms with van der Waals surface area (Å²) >= 11 is 0. The molecule has 0 aliphatic carbocycles. The van der Waals surface area contributed by atoms with Gasteiger partial charge in [-0.05, 0) is 38.0 Å². The quantitative estimate of drug-likeness (QED) is 0.730. The fourth-order valence-corrected chi connectivity index (χ4v) is 3.43. The maximum absolute atomic E-state index is 11.8. The number of carboxylic acids is 1. The molecule has 1 saturated heterocycles. The Morgan fingerprint density at radius 1 is 1.32 bits per heavy atom. The number of carbonyl (C=O) groups is 2. The highest BCUT2D eigenvalue weighted by molar-refractivity contribution is 7.92. The number of ether oxygens (including phenoxy) is 1. The van der Waals surface area contributed by atoms with Gasteiger partial charge in [0.1, 0.15) is 0 Å². The molecule has 25 heavy (non-hydrogen) atoms. The van der Waals surface area contributed by atoms with Gasteiger partial charge in [0, 0.05) is 18.8 Å². The van der Waals surface area contributed by atoms with Gasteiger partial charge in [-0.2, -0.15) is 0 Å². The molecule has 138 valence electrons. The summed E-state index contributed by atoms with van der Waals surface area (Å²) < 4.78 is 29.9. The number of nitrogens with zero attached hydrogens (tertiary/aromatic N) is 1. The Bertz CT molecular complexity index is 754.